The second-order valence-corrected chi connectivity index (χ2v) is 6.81. The highest BCUT2D eigenvalue weighted by Crippen LogP contribution is 2.27. The van der Waals surface area contributed by atoms with Gasteiger partial charge in [0, 0.05) is 0 Å². The van der Waals surface area contributed by atoms with E-state index in [1.54, 1.807) is 24.3 Å². The lowest BCUT2D eigenvalue weighted by Gasteiger charge is -2.29. The van der Waals surface area contributed by atoms with E-state index in [1.165, 1.54) is 35.2 Å². The number of nitrogens with zero attached hydrogens (tertiary/aromatic N) is 1. The van der Waals surface area contributed by atoms with Crippen LogP contribution in [0.3, 0.4) is 0 Å². The molecule has 0 aliphatic carbocycles. The first-order valence-electron chi connectivity index (χ1n) is 9.01. The van der Waals surface area contributed by atoms with Gasteiger partial charge in [0.1, 0.15) is 22.9 Å². The predicted molar refractivity (Wildman–Crippen MR) is 116 cm³/mol. The van der Waals surface area contributed by atoms with E-state index in [0.717, 1.165) is 0 Å². The van der Waals surface area contributed by atoms with E-state index >= 15 is 0 Å². The molecule has 1 aliphatic rings. The zero-order chi connectivity index (χ0) is 21.1. The van der Waals surface area contributed by atoms with Crippen molar-refractivity contribution in [2.45, 2.75) is 0 Å². The predicted octanol–water partition coefficient (Wildman–Crippen LogP) is 4.45. The van der Waals surface area contributed by atoms with Crippen LogP contribution in [-0.2, 0) is 9.59 Å². The van der Waals surface area contributed by atoms with Gasteiger partial charge in [0.25, 0.3) is 11.8 Å². The maximum atomic E-state index is 13.1. The Hall–Kier alpha value is -3.84. The van der Waals surface area contributed by atoms with Crippen molar-refractivity contribution < 1.29 is 18.7 Å². The summed E-state index contributed by atoms with van der Waals surface area (Å²) in [7, 11) is 0. The number of thiocarbonyl (C=S) groups is 1. The standard InChI is InChI=1S/C23H15FN2O3S/c24-16-8-6-15(7-9-16)14-20-21(27)25-23(30)26(22(20)28)17-10-12-19(13-11-17)29-18-4-2-1-3-5-18/h1-14H,(H,25,27,30). The van der Waals surface area contributed by atoms with Crippen molar-refractivity contribution >= 4 is 40.9 Å². The molecule has 0 bridgehead atoms. The number of carbonyl (C=O) groups is 2. The number of amides is 2. The van der Waals surface area contributed by atoms with Crippen molar-refractivity contribution in [3.8, 4) is 11.5 Å². The molecule has 7 heteroatoms. The lowest BCUT2D eigenvalue weighted by molar-refractivity contribution is -0.122. The van der Waals surface area contributed by atoms with Crippen molar-refractivity contribution in [1.29, 1.82) is 0 Å². The zero-order valence-corrected chi connectivity index (χ0v) is 16.4. The SMILES string of the molecule is O=C1NC(=S)N(c2ccc(Oc3ccccc3)cc2)C(=O)C1=Cc1ccc(F)cc1. The summed E-state index contributed by atoms with van der Waals surface area (Å²) in [6, 6.07) is 21.5. The molecule has 0 radical (unpaired) electrons. The second kappa shape index (κ2) is 8.26. The van der Waals surface area contributed by atoms with Gasteiger partial charge < -0.3 is 4.74 Å². The molecule has 1 heterocycles. The number of rotatable bonds is 4. The molecule has 148 valence electrons. The Morgan fingerprint density at radius 3 is 2.17 bits per heavy atom. The molecule has 0 spiro atoms. The van der Waals surface area contributed by atoms with Crippen LogP contribution in [-0.4, -0.2) is 16.9 Å². The Bertz CT molecular complexity index is 1140. The number of halogens is 1. The van der Waals surface area contributed by atoms with Crippen LogP contribution in [0.1, 0.15) is 5.56 Å². The van der Waals surface area contributed by atoms with Crippen LogP contribution in [0.4, 0.5) is 10.1 Å². The van der Waals surface area contributed by atoms with Crippen molar-refractivity contribution in [2.24, 2.45) is 0 Å². The van der Waals surface area contributed by atoms with E-state index in [1.807, 2.05) is 30.3 Å². The number of para-hydroxylation sites is 1. The third-order valence-corrected chi connectivity index (χ3v) is 4.64. The molecule has 0 unspecified atom stereocenters. The molecule has 30 heavy (non-hydrogen) atoms. The van der Waals surface area contributed by atoms with Crippen LogP contribution < -0.4 is 15.0 Å². The summed E-state index contributed by atoms with van der Waals surface area (Å²) in [6.07, 6.45) is 1.40. The molecule has 0 atom stereocenters. The fourth-order valence-electron chi connectivity index (χ4n) is 2.91. The van der Waals surface area contributed by atoms with E-state index < -0.39 is 17.6 Å². The van der Waals surface area contributed by atoms with Crippen molar-refractivity contribution in [3.63, 3.8) is 0 Å². The highest BCUT2D eigenvalue weighted by atomic mass is 32.1. The van der Waals surface area contributed by atoms with Gasteiger partial charge in [-0.15, -0.1) is 0 Å². The fourth-order valence-corrected chi connectivity index (χ4v) is 3.19. The summed E-state index contributed by atoms with van der Waals surface area (Å²) in [6.45, 7) is 0. The van der Waals surface area contributed by atoms with Gasteiger partial charge in [0.05, 0.1) is 5.69 Å². The number of anilines is 1. The summed E-state index contributed by atoms with van der Waals surface area (Å²) in [4.78, 5) is 26.5. The summed E-state index contributed by atoms with van der Waals surface area (Å²) in [5.74, 6) is -0.297. The van der Waals surface area contributed by atoms with Crippen LogP contribution >= 0.6 is 12.2 Å². The topological polar surface area (TPSA) is 58.6 Å². The number of benzene rings is 3. The molecule has 0 aromatic heterocycles. The minimum Gasteiger partial charge on any atom is -0.457 e. The van der Waals surface area contributed by atoms with Crippen LogP contribution in [0.25, 0.3) is 6.08 Å². The van der Waals surface area contributed by atoms with E-state index in [9.17, 15) is 14.0 Å². The first kappa shape index (κ1) is 19.5. The van der Waals surface area contributed by atoms with Gasteiger partial charge >= 0.3 is 0 Å². The quantitative estimate of drug-likeness (QED) is 0.386. The van der Waals surface area contributed by atoms with Gasteiger partial charge in [-0.3, -0.25) is 19.8 Å². The molecular formula is C23H15FN2O3S. The van der Waals surface area contributed by atoms with Gasteiger partial charge in [-0.05, 0) is 72.4 Å². The third-order valence-electron chi connectivity index (χ3n) is 4.36. The van der Waals surface area contributed by atoms with Crippen LogP contribution in [0.15, 0.2) is 84.4 Å². The molecule has 1 N–H and O–H groups in total. The van der Waals surface area contributed by atoms with E-state index in [4.69, 9.17) is 17.0 Å². The Kier molecular flexibility index (Phi) is 5.36. The van der Waals surface area contributed by atoms with Gasteiger partial charge in [0.15, 0.2) is 5.11 Å². The van der Waals surface area contributed by atoms with E-state index in [2.05, 4.69) is 5.32 Å². The van der Waals surface area contributed by atoms with Crippen molar-refractivity contribution in [2.75, 3.05) is 4.90 Å². The number of carbonyl (C=O) groups excluding carboxylic acids is 2. The lowest BCUT2D eigenvalue weighted by atomic mass is 10.1. The normalized spacial score (nSPS) is 15.3. The maximum Gasteiger partial charge on any atom is 0.270 e. The average molecular weight is 418 g/mol. The highest BCUT2D eigenvalue weighted by molar-refractivity contribution is 7.80. The highest BCUT2D eigenvalue weighted by Gasteiger charge is 2.34. The molecule has 1 aliphatic heterocycles. The number of nitrogens with one attached hydrogen (secondary N) is 1. The van der Waals surface area contributed by atoms with Gasteiger partial charge in [0.2, 0.25) is 0 Å². The summed E-state index contributed by atoms with van der Waals surface area (Å²) in [5.41, 5.74) is 0.907. The van der Waals surface area contributed by atoms with Crippen LogP contribution in [0.5, 0.6) is 11.5 Å². The van der Waals surface area contributed by atoms with Gasteiger partial charge in [-0.1, -0.05) is 30.3 Å². The molecule has 3 aromatic rings. The van der Waals surface area contributed by atoms with Gasteiger partial charge in [-0.2, -0.15) is 0 Å². The molecule has 3 aromatic carbocycles. The van der Waals surface area contributed by atoms with Crippen molar-refractivity contribution in [1.82, 2.24) is 5.32 Å². The van der Waals surface area contributed by atoms with Crippen LogP contribution in [0, 0.1) is 5.82 Å². The molecule has 4 rings (SSSR count). The number of ether oxygens (including phenoxy) is 1. The number of hydrogen-bond donors (Lipinski definition) is 1. The summed E-state index contributed by atoms with van der Waals surface area (Å²) in [5, 5.41) is 2.50. The minimum atomic E-state index is -0.602. The second-order valence-electron chi connectivity index (χ2n) is 6.42. The van der Waals surface area contributed by atoms with E-state index in [-0.39, 0.29) is 10.7 Å². The monoisotopic (exact) mass is 418 g/mol. The Morgan fingerprint density at radius 2 is 1.50 bits per heavy atom. The molecule has 5 nitrogen and oxygen atoms in total. The molecular weight excluding hydrogens is 403 g/mol. The average Bonchev–Trinajstić information content (AvgIpc) is 2.74. The summed E-state index contributed by atoms with van der Waals surface area (Å²) >= 11 is 5.20. The Balaban J connectivity index is 1.59. The smallest absolute Gasteiger partial charge is 0.270 e. The van der Waals surface area contributed by atoms with Crippen molar-refractivity contribution in [3.05, 3.63) is 95.8 Å². The fraction of sp³-hybridized carbons (Fsp3) is 0. The largest absolute Gasteiger partial charge is 0.457 e. The first-order chi connectivity index (χ1) is 14.5. The number of hydrogen-bond acceptors (Lipinski definition) is 4. The minimum absolute atomic E-state index is 0.0158. The zero-order valence-electron chi connectivity index (χ0n) is 15.5. The molecule has 0 saturated carbocycles. The molecule has 1 fully saturated rings. The Morgan fingerprint density at radius 1 is 0.867 bits per heavy atom. The Labute approximate surface area is 177 Å². The maximum absolute atomic E-state index is 13.1. The first-order valence-corrected chi connectivity index (χ1v) is 9.42. The lowest BCUT2D eigenvalue weighted by Crippen LogP contribution is -2.54. The molecule has 2 amide bonds. The van der Waals surface area contributed by atoms with E-state index in [0.29, 0.717) is 22.7 Å². The van der Waals surface area contributed by atoms with Crippen LogP contribution in [0.2, 0.25) is 0 Å². The molecule has 1 saturated heterocycles. The summed E-state index contributed by atoms with van der Waals surface area (Å²) < 4.78 is 18.9. The van der Waals surface area contributed by atoms with Gasteiger partial charge in [-0.25, -0.2) is 4.39 Å². The third kappa shape index (κ3) is 4.11.